The fourth-order valence-corrected chi connectivity index (χ4v) is 5.90. The van der Waals surface area contributed by atoms with E-state index in [4.69, 9.17) is 4.74 Å². The third-order valence-electron chi connectivity index (χ3n) is 8.75. The van der Waals surface area contributed by atoms with Crippen molar-refractivity contribution >= 4 is 5.97 Å². The van der Waals surface area contributed by atoms with Gasteiger partial charge in [0.1, 0.15) is 0 Å². The van der Waals surface area contributed by atoms with E-state index in [1.54, 1.807) is 0 Å². The first-order valence-electron chi connectivity index (χ1n) is 19.0. The van der Waals surface area contributed by atoms with Crippen LogP contribution in [0.3, 0.4) is 0 Å². The summed E-state index contributed by atoms with van der Waals surface area (Å²) in [6.07, 6.45) is 46.1. The monoisotopic (exact) mass is 565 g/mol. The van der Waals surface area contributed by atoms with Crippen molar-refractivity contribution in [3.05, 3.63) is 0 Å². The Morgan fingerprint density at radius 3 is 0.825 bits per heavy atom. The third kappa shape index (κ3) is 35.5. The minimum absolute atomic E-state index is 0.0272. The summed E-state index contributed by atoms with van der Waals surface area (Å²) in [5.41, 5.74) is 0. The fourth-order valence-electron chi connectivity index (χ4n) is 5.90. The smallest absolute Gasteiger partial charge is 0.305 e. The number of unbranched alkanes of at least 4 members (excludes halogenated alkanes) is 31. The highest BCUT2D eigenvalue weighted by Crippen LogP contribution is 2.16. The van der Waals surface area contributed by atoms with Crippen molar-refractivity contribution in [3.63, 3.8) is 0 Å². The van der Waals surface area contributed by atoms with Crippen LogP contribution in [0.2, 0.25) is 0 Å². The van der Waals surface area contributed by atoms with E-state index in [0.717, 1.165) is 12.8 Å². The molecule has 0 aromatic rings. The lowest BCUT2D eigenvalue weighted by Crippen LogP contribution is -2.05. The molecule has 0 amide bonds. The van der Waals surface area contributed by atoms with E-state index in [1.165, 1.54) is 199 Å². The minimum atomic E-state index is 0.0272. The Hall–Kier alpha value is -0.530. The zero-order chi connectivity index (χ0) is 29.0. The molecule has 240 valence electrons. The van der Waals surface area contributed by atoms with Crippen LogP contribution in [0.1, 0.15) is 232 Å². The molecule has 0 N–H and O–H groups in total. The van der Waals surface area contributed by atoms with Crippen LogP contribution in [-0.4, -0.2) is 12.6 Å². The molecule has 0 fully saturated rings. The summed E-state index contributed by atoms with van der Waals surface area (Å²) < 4.78 is 5.42. The topological polar surface area (TPSA) is 26.3 Å². The molecular formula is C38H76O2. The van der Waals surface area contributed by atoms with Gasteiger partial charge in [-0.3, -0.25) is 4.79 Å². The average Bonchev–Trinajstić information content (AvgIpc) is 2.96. The molecule has 0 saturated heterocycles. The van der Waals surface area contributed by atoms with E-state index in [0.29, 0.717) is 13.0 Å². The Balaban J connectivity index is 3.12. The van der Waals surface area contributed by atoms with E-state index < -0.39 is 0 Å². The molecule has 0 saturated carbocycles. The number of hydrogen-bond acceptors (Lipinski definition) is 2. The van der Waals surface area contributed by atoms with Crippen LogP contribution in [0.25, 0.3) is 0 Å². The second-order valence-corrected chi connectivity index (χ2v) is 12.9. The van der Waals surface area contributed by atoms with Gasteiger partial charge in [0.15, 0.2) is 0 Å². The highest BCUT2D eigenvalue weighted by Gasteiger charge is 2.03. The molecule has 40 heavy (non-hydrogen) atoms. The zero-order valence-electron chi connectivity index (χ0n) is 28.1. The van der Waals surface area contributed by atoms with Gasteiger partial charge < -0.3 is 4.74 Å². The first-order chi connectivity index (χ1) is 19.8. The summed E-state index contributed by atoms with van der Waals surface area (Å²) >= 11 is 0. The van der Waals surface area contributed by atoms with Crippen molar-refractivity contribution in [2.45, 2.75) is 232 Å². The van der Waals surface area contributed by atoms with Crippen LogP contribution < -0.4 is 0 Å². The Morgan fingerprint density at radius 1 is 0.325 bits per heavy atom. The lowest BCUT2D eigenvalue weighted by atomic mass is 10.0. The molecule has 2 heteroatoms. The molecule has 0 atom stereocenters. The van der Waals surface area contributed by atoms with Crippen molar-refractivity contribution in [2.24, 2.45) is 0 Å². The number of hydrogen-bond donors (Lipinski definition) is 0. The maximum absolute atomic E-state index is 11.9. The molecule has 0 aromatic heterocycles. The van der Waals surface area contributed by atoms with Gasteiger partial charge in [-0.2, -0.15) is 0 Å². The number of esters is 1. The molecule has 2 nitrogen and oxygen atoms in total. The fraction of sp³-hybridized carbons (Fsp3) is 0.974. The molecule has 0 radical (unpaired) electrons. The summed E-state index contributed by atoms with van der Waals surface area (Å²) in [7, 11) is 0. The zero-order valence-corrected chi connectivity index (χ0v) is 28.1. The minimum Gasteiger partial charge on any atom is -0.466 e. The third-order valence-corrected chi connectivity index (χ3v) is 8.75. The molecule has 0 aromatic carbocycles. The van der Waals surface area contributed by atoms with Gasteiger partial charge in [-0.25, -0.2) is 0 Å². The summed E-state index contributed by atoms with van der Waals surface area (Å²) in [5, 5.41) is 0. The lowest BCUT2D eigenvalue weighted by Gasteiger charge is -2.06. The Kier molecular flexibility index (Phi) is 36.0. The average molecular weight is 565 g/mol. The Labute approximate surface area is 254 Å². The Morgan fingerprint density at radius 2 is 0.550 bits per heavy atom. The van der Waals surface area contributed by atoms with E-state index >= 15 is 0 Å². The van der Waals surface area contributed by atoms with Crippen LogP contribution in [0.4, 0.5) is 0 Å². The highest BCUT2D eigenvalue weighted by atomic mass is 16.5. The van der Waals surface area contributed by atoms with Crippen LogP contribution in [-0.2, 0) is 9.53 Å². The molecule has 0 heterocycles. The van der Waals surface area contributed by atoms with E-state index in [2.05, 4.69) is 13.8 Å². The number of ether oxygens (including phenoxy) is 1. The molecule has 0 bridgehead atoms. The van der Waals surface area contributed by atoms with Crippen molar-refractivity contribution < 1.29 is 9.53 Å². The van der Waals surface area contributed by atoms with Crippen LogP contribution in [0.5, 0.6) is 0 Å². The standard InChI is InChI=1S/C38H76O2/c1-3-5-7-9-11-13-15-16-17-18-19-20-21-22-23-24-25-26-27-28-30-32-34-36-38(39)40-37-35-33-31-29-14-12-10-8-6-4-2/h3-37H2,1-2H3. The SMILES string of the molecule is CCCCCCCCCCCCCCCCCCCCCCCCCC(=O)OCCCCCCCCCCCC. The van der Waals surface area contributed by atoms with Gasteiger partial charge in [-0.15, -0.1) is 0 Å². The first-order valence-corrected chi connectivity index (χ1v) is 19.0. The van der Waals surface area contributed by atoms with Crippen molar-refractivity contribution in [1.82, 2.24) is 0 Å². The predicted octanol–water partition coefficient (Wildman–Crippen LogP) is 13.8. The van der Waals surface area contributed by atoms with Gasteiger partial charge in [0.05, 0.1) is 6.61 Å². The van der Waals surface area contributed by atoms with Gasteiger partial charge in [0.25, 0.3) is 0 Å². The number of rotatable bonds is 35. The summed E-state index contributed by atoms with van der Waals surface area (Å²) in [6.45, 7) is 5.21. The molecule has 0 spiro atoms. The molecule has 0 aliphatic carbocycles. The van der Waals surface area contributed by atoms with Gasteiger partial charge in [0.2, 0.25) is 0 Å². The van der Waals surface area contributed by atoms with Gasteiger partial charge in [-0.1, -0.05) is 213 Å². The van der Waals surface area contributed by atoms with Crippen molar-refractivity contribution in [3.8, 4) is 0 Å². The molecule has 0 aliphatic heterocycles. The van der Waals surface area contributed by atoms with Crippen LogP contribution in [0, 0.1) is 0 Å². The Bertz CT molecular complexity index is 460. The van der Waals surface area contributed by atoms with Crippen molar-refractivity contribution in [2.75, 3.05) is 6.61 Å². The molecule has 0 unspecified atom stereocenters. The summed E-state index contributed by atoms with van der Waals surface area (Å²) in [5.74, 6) is 0.0272. The molecule has 0 aliphatic rings. The predicted molar refractivity (Wildman–Crippen MR) is 179 cm³/mol. The first kappa shape index (κ1) is 39.5. The normalized spacial score (nSPS) is 11.3. The second-order valence-electron chi connectivity index (χ2n) is 12.9. The quantitative estimate of drug-likeness (QED) is 0.0565. The van der Waals surface area contributed by atoms with Crippen molar-refractivity contribution in [1.29, 1.82) is 0 Å². The van der Waals surface area contributed by atoms with Crippen LogP contribution in [0.15, 0.2) is 0 Å². The maximum atomic E-state index is 11.9. The number of carbonyl (C=O) groups is 1. The van der Waals surface area contributed by atoms with E-state index in [1.807, 2.05) is 0 Å². The lowest BCUT2D eigenvalue weighted by molar-refractivity contribution is -0.143. The molecule has 0 rings (SSSR count). The highest BCUT2D eigenvalue weighted by molar-refractivity contribution is 5.69. The second kappa shape index (κ2) is 36.5. The summed E-state index contributed by atoms with van der Waals surface area (Å²) in [4.78, 5) is 11.9. The largest absolute Gasteiger partial charge is 0.466 e. The van der Waals surface area contributed by atoms with Gasteiger partial charge >= 0.3 is 5.97 Å². The van der Waals surface area contributed by atoms with Gasteiger partial charge in [-0.05, 0) is 12.8 Å². The van der Waals surface area contributed by atoms with E-state index in [-0.39, 0.29) is 5.97 Å². The maximum Gasteiger partial charge on any atom is 0.305 e. The van der Waals surface area contributed by atoms with E-state index in [9.17, 15) is 4.79 Å². The van der Waals surface area contributed by atoms with Gasteiger partial charge in [0, 0.05) is 6.42 Å². The molecular weight excluding hydrogens is 488 g/mol. The van der Waals surface area contributed by atoms with Crippen LogP contribution >= 0.6 is 0 Å². The summed E-state index contributed by atoms with van der Waals surface area (Å²) in [6, 6.07) is 0. The number of carbonyl (C=O) groups excluding carboxylic acids is 1.